The Hall–Kier alpha value is -2.22. The predicted octanol–water partition coefficient (Wildman–Crippen LogP) is 2.53. The van der Waals surface area contributed by atoms with Crippen molar-refractivity contribution in [3.8, 4) is 17.6 Å². The number of ether oxygens (including phenoxy) is 1. The Morgan fingerprint density at radius 2 is 1.95 bits per heavy atom. The molecule has 20 heavy (non-hydrogen) atoms. The molecule has 0 fully saturated rings. The Balaban J connectivity index is 3.24. The van der Waals surface area contributed by atoms with Crippen LogP contribution in [-0.2, 0) is 0 Å². The first-order chi connectivity index (χ1) is 9.60. The molecular formula is C15H20N2O3. The number of phenols is 1. The predicted molar refractivity (Wildman–Crippen MR) is 75.9 cm³/mol. The number of rotatable bonds is 6. The van der Waals surface area contributed by atoms with Gasteiger partial charge in [-0.2, -0.15) is 5.26 Å². The van der Waals surface area contributed by atoms with Gasteiger partial charge in [-0.1, -0.05) is 13.8 Å². The number of aromatic hydroxyl groups is 1. The molecule has 0 aliphatic heterocycles. The third-order valence-electron chi connectivity index (χ3n) is 2.96. The van der Waals surface area contributed by atoms with E-state index in [1.807, 2.05) is 19.9 Å². The first kappa shape index (κ1) is 15.8. The maximum Gasteiger partial charge on any atom is 0.257 e. The zero-order valence-corrected chi connectivity index (χ0v) is 12.1. The van der Waals surface area contributed by atoms with Crippen molar-refractivity contribution in [3.63, 3.8) is 0 Å². The lowest BCUT2D eigenvalue weighted by Gasteiger charge is -2.22. The van der Waals surface area contributed by atoms with Crippen LogP contribution in [0.5, 0.6) is 11.5 Å². The second kappa shape index (κ2) is 7.39. The van der Waals surface area contributed by atoms with Crippen LogP contribution in [0.15, 0.2) is 12.1 Å². The SMILES string of the molecule is CCCN(CCC)C(=O)c1ccc(O)c(C#N)c1OC. The average Bonchev–Trinajstić information content (AvgIpc) is 2.45. The Bertz CT molecular complexity index is 515. The van der Waals surface area contributed by atoms with Gasteiger partial charge in [-0.25, -0.2) is 0 Å². The van der Waals surface area contributed by atoms with Crippen LogP contribution in [0.2, 0.25) is 0 Å². The molecule has 1 N–H and O–H groups in total. The van der Waals surface area contributed by atoms with E-state index in [2.05, 4.69) is 0 Å². The first-order valence-electron chi connectivity index (χ1n) is 6.69. The van der Waals surface area contributed by atoms with E-state index >= 15 is 0 Å². The van der Waals surface area contributed by atoms with Gasteiger partial charge in [0.1, 0.15) is 17.4 Å². The van der Waals surface area contributed by atoms with E-state index in [9.17, 15) is 9.90 Å². The van der Waals surface area contributed by atoms with Crippen molar-refractivity contribution in [3.05, 3.63) is 23.3 Å². The summed E-state index contributed by atoms with van der Waals surface area (Å²) in [5, 5.41) is 18.7. The quantitative estimate of drug-likeness (QED) is 0.866. The highest BCUT2D eigenvalue weighted by molar-refractivity contribution is 5.98. The summed E-state index contributed by atoms with van der Waals surface area (Å²) in [6.07, 6.45) is 1.72. The van der Waals surface area contributed by atoms with Crippen molar-refractivity contribution in [2.24, 2.45) is 0 Å². The topological polar surface area (TPSA) is 73.6 Å². The Labute approximate surface area is 119 Å². The number of hydrogen-bond acceptors (Lipinski definition) is 4. The molecule has 1 aromatic carbocycles. The van der Waals surface area contributed by atoms with Gasteiger partial charge in [0.05, 0.1) is 12.7 Å². The van der Waals surface area contributed by atoms with Gasteiger partial charge in [0.15, 0.2) is 5.75 Å². The minimum atomic E-state index is -0.182. The van der Waals surface area contributed by atoms with Gasteiger partial charge < -0.3 is 14.7 Å². The van der Waals surface area contributed by atoms with Crippen molar-refractivity contribution in [2.45, 2.75) is 26.7 Å². The Kier molecular flexibility index (Phi) is 5.85. The summed E-state index contributed by atoms with van der Waals surface area (Å²) in [5.41, 5.74) is 0.301. The number of carbonyl (C=O) groups is 1. The summed E-state index contributed by atoms with van der Waals surface area (Å²) in [5.74, 6) is -0.227. The van der Waals surface area contributed by atoms with E-state index in [0.717, 1.165) is 12.8 Å². The third-order valence-corrected chi connectivity index (χ3v) is 2.96. The molecule has 0 spiro atoms. The maximum absolute atomic E-state index is 12.5. The number of methoxy groups -OCH3 is 1. The normalized spacial score (nSPS) is 9.90. The third kappa shape index (κ3) is 3.21. The number of nitrogens with zero attached hydrogens (tertiary/aromatic N) is 2. The maximum atomic E-state index is 12.5. The molecule has 0 heterocycles. The fraction of sp³-hybridized carbons (Fsp3) is 0.467. The number of phenolic OH excluding ortho intramolecular Hbond substituents is 1. The molecule has 0 radical (unpaired) electrons. The van der Waals surface area contributed by atoms with Gasteiger partial charge in [-0.05, 0) is 25.0 Å². The minimum Gasteiger partial charge on any atom is -0.506 e. The van der Waals surface area contributed by atoms with Crippen LogP contribution in [0, 0.1) is 11.3 Å². The Morgan fingerprint density at radius 1 is 1.35 bits per heavy atom. The lowest BCUT2D eigenvalue weighted by Crippen LogP contribution is -2.32. The number of nitriles is 1. The standard InChI is InChI=1S/C15H20N2O3/c1-4-8-17(9-5-2)15(19)11-6-7-13(18)12(10-16)14(11)20-3/h6-7,18H,4-5,8-9H2,1-3H3. The number of amides is 1. The monoisotopic (exact) mass is 276 g/mol. The molecule has 0 bridgehead atoms. The molecule has 5 heteroatoms. The second-order valence-corrected chi connectivity index (χ2v) is 4.44. The van der Waals surface area contributed by atoms with Gasteiger partial charge in [-0.15, -0.1) is 0 Å². The number of hydrogen-bond donors (Lipinski definition) is 1. The zero-order valence-electron chi connectivity index (χ0n) is 12.1. The van der Waals surface area contributed by atoms with Crippen LogP contribution < -0.4 is 4.74 Å². The van der Waals surface area contributed by atoms with Crippen molar-refractivity contribution >= 4 is 5.91 Å². The molecule has 108 valence electrons. The van der Waals surface area contributed by atoms with Crippen molar-refractivity contribution in [1.29, 1.82) is 5.26 Å². The lowest BCUT2D eigenvalue weighted by atomic mass is 10.1. The highest BCUT2D eigenvalue weighted by atomic mass is 16.5. The smallest absolute Gasteiger partial charge is 0.257 e. The molecular weight excluding hydrogens is 256 g/mol. The zero-order chi connectivity index (χ0) is 15.1. The molecule has 0 saturated heterocycles. The molecule has 0 saturated carbocycles. The molecule has 5 nitrogen and oxygen atoms in total. The van der Waals surface area contributed by atoms with Gasteiger partial charge in [0.25, 0.3) is 5.91 Å². The van der Waals surface area contributed by atoms with E-state index in [0.29, 0.717) is 18.7 Å². The van der Waals surface area contributed by atoms with E-state index in [-0.39, 0.29) is 23.0 Å². The lowest BCUT2D eigenvalue weighted by molar-refractivity contribution is 0.0752. The van der Waals surface area contributed by atoms with E-state index in [1.54, 1.807) is 4.90 Å². The molecule has 0 atom stereocenters. The molecule has 0 unspecified atom stereocenters. The first-order valence-corrected chi connectivity index (χ1v) is 6.69. The van der Waals surface area contributed by atoms with Crippen LogP contribution in [0.1, 0.15) is 42.6 Å². The fourth-order valence-corrected chi connectivity index (χ4v) is 2.09. The highest BCUT2D eigenvalue weighted by Crippen LogP contribution is 2.31. The molecule has 0 aliphatic rings. The largest absolute Gasteiger partial charge is 0.506 e. The van der Waals surface area contributed by atoms with Crippen LogP contribution >= 0.6 is 0 Å². The molecule has 0 aromatic heterocycles. The fourth-order valence-electron chi connectivity index (χ4n) is 2.09. The summed E-state index contributed by atoms with van der Waals surface area (Å²) in [4.78, 5) is 14.3. The van der Waals surface area contributed by atoms with Crippen molar-refractivity contribution < 1.29 is 14.6 Å². The van der Waals surface area contributed by atoms with Crippen LogP contribution in [0.4, 0.5) is 0 Å². The van der Waals surface area contributed by atoms with Gasteiger partial charge in [0.2, 0.25) is 0 Å². The Morgan fingerprint density at radius 3 is 2.40 bits per heavy atom. The van der Waals surface area contributed by atoms with Crippen molar-refractivity contribution in [1.82, 2.24) is 4.90 Å². The minimum absolute atomic E-state index is 0.00806. The van der Waals surface area contributed by atoms with Gasteiger partial charge in [0, 0.05) is 13.1 Å². The molecule has 1 amide bonds. The van der Waals surface area contributed by atoms with Gasteiger partial charge >= 0.3 is 0 Å². The number of carbonyl (C=O) groups excluding carboxylic acids is 1. The molecule has 1 rings (SSSR count). The van der Waals surface area contributed by atoms with E-state index < -0.39 is 0 Å². The summed E-state index contributed by atoms with van der Waals surface area (Å²) < 4.78 is 5.15. The summed E-state index contributed by atoms with van der Waals surface area (Å²) in [7, 11) is 1.39. The van der Waals surface area contributed by atoms with Gasteiger partial charge in [-0.3, -0.25) is 4.79 Å². The summed E-state index contributed by atoms with van der Waals surface area (Å²) >= 11 is 0. The summed E-state index contributed by atoms with van der Waals surface area (Å²) in [6, 6.07) is 4.71. The van der Waals surface area contributed by atoms with Crippen LogP contribution in [0.3, 0.4) is 0 Å². The van der Waals surface area contributed by atoms with Crippen molar-refractivity contribution in [2.75, 3.05) is 20.2 Å². The molecule has 1 aromatic rings. The highest BCUT2D eigenvalue weighted by Gasteiger charge is 2.22. The summed E-state index contributed by atoms with van der Waals surface area (Å²) in [6.45, 7) is 5.31. The van der Waals surface area contributed by atoms with Crippen LogP contribution in [0.25, 0.3) is 0 Å². The number of benzene rings is 1. The van der Waals surface area contributed by atoms with E-state index in [4.69, 9.17) is 10.00 Å². The van der Waals surface area contributed by atoms with Crippen LogP contribution in [-0.4, -0.2) is 36.1 Å². The average molecular weight is 276 g/mol. The molecule has 0 aliphatic carbocycles. The second-order valence-electron chi connectivity index (χ2n) is 4.44. The van der Waals surface area contributed by atoms with E-state index in [1.165, 1.54) is 19.2 Å².